The Balaban J connectivity index is 2.19. The lowest BCUT2D eigenvalue weighted by atomic mass is 10.1. The molecule has 3 rings (SSSR count). The number of fused-ring (bicyclic) bond motifs is 1. The summed E-state index contributed by atoms with van der Waals surface area (Å²) in [5.41, 5.74) is 0.711. The molecule has 0 aliphatic rings. The molecule has 1 aromatic carbocycles. The first-order chi connectivity index (χ1) is 7.86. The number of benzene rings is 1. The van der Waals surface area contributed by atoms with Crippen LogP contribution in [0.25, 0.3) is 10.1 Å². The maximum absolute atomic E-state index is 12.1. The molecule has 0 amide bonds. The zero-order valence-electron chi connectivity index (χ0n) is 8.34. The van der Waals surface area contributed by atoms with Crippen LogP contribution in [0.5, 0.6) is 0 Å². The van der Waals surface area contributed by atoms with Gasteiger partial charge in [-0.15, -0.1) is 11.3 Å². The van der Waals surface area contributed by atoms with Crippen LogP contribution in [0.15, 0.2) is 52.5 Å². The van der Waals surface area contributed by atoms with Crippen LogP contribution in [0, 0.1) is 0 Å². The second-order valence-corrected chi connectivity index (χ2v) is 4.37. The zero-order valence-corrected chi connectivity index (χ0v) is 9.16. The molecule has 0 spiro atoms. The molecule has 0 atom stereocenters. The van der Waals surface area contributed by atoms with E-state index >= 15 is 0 Å². The second-order valence-electron chi connectivity index (χ2n) is 3.45. The highest BCUT2D eigenvalue weighted by Gasteiger charge is 2.15. The molecule has 78 valence electrons. The van der Waals surface area contributed by atoms with Crippen LogP contribution in [0.4, 0.5) is 0 Å². The molecule has 2 aromatic heterocycles. The standard InChI is InChI=1S/C13H8O2S/c14-12(11-5-2-7-15-11)10-4-1-3-9-6-8-16-13(9)10/h1-8H. The Morgan fingerprint density at radius 2 is 2.06 bits per heavy atom. The van der Waals surface area contributed by atoms with E-state index < -0.39 is 0 Å². The van der Waals surface area contributed by atoms with Gasteiger partial charge in [0, 0.05) is 10.3 Å². The molecule has 3 heteroatoms. The van der Waals surface area contributed by atoms with Gasteiger partial charge in [0.15, 0.2) is 5.76 Å². The fraction of sp³-hybridized carbons (Fsp3) is 0. The van der Waals surface area contributed by atoms with Gasteiger partial charge in [-0.3, -0.25) is 4.79 Å². The summed E-state index contributed by atoms with van der Waals surface area (Å²) in [7, 11) is 0. The number of hydrogen-bond acceptors (Lipinski definition) is 3. The predicted molar refractivity (Wildman–Crippen MR) is 64.0 cm³/mol. The van der Waals surface area contributed by atoms with E-state index in [1.165, 1.54) is 6.26 Å². The number of ketones is 1. The highest BCUT2D eigenvalue weighted by atomic mass is 32.1. The molecule has 2 nitrogen and oxygen atoms in total. The van der Waals surface area contributed by atoms with Crippen LogP contribution >= 0.6 is 11.3 Å². The van der Waals surface area contributed by atoms with Gasteiger partial charge in [-0.2, -0.15) is 0 Å². The van der Waals surface area contributed by atoms with Crippen molar-refractivity contribution in [3.8, 4) is 0 Å². The lowest BCUT2D eigenvalue weighted by Gasteiger charge is -1.99. The van der Waals surface area contributed by atoms with Crippen LogP contribution in [0.2, 0.25) is 0 Å². The summed E-state index contributed by atoms with van der Waals surface area (Å²) in [6, 6.07) is 11.2. The third-order valence-corrected chi connectivity index (χ3v) is 3.43. The highest BCUT2D eigenvalue weighted by Crippen LogP contribution is 2.26. The van der Waals surface area contributed by atoms with Crippen molar-refractivity contribution in [1.82, 2.24) is 0 Å². The van der Waals surface area contributed by atoms with Crippen LogP contribution in [-0.2, 0) is 0 Å². The molecular weight excluding hydrogens is 220 g/mol. The normalized spacial score (nSPS) is 10.8. The van der Waals surface area contributed by atoms with Crippen molar-refractivity contribution < 1.29 is 9.21 Å². The first-order valence-corrected chi connectivity index (χ1v) is 5.78. The third-order valence-electron chi connectivity index (χ3n) is 2.47. The number of hydrogen-bond donors (Lipinski definition) is 0. The minimum Gasteiger partial charge on any atom is -0.461 e. The fourth-order valence-electron chi connectivity index (χ4n) is 1.71. The summed E-state index contributed by atoms with van der Waals surface area (Å²) < 4.78 is 6.15. The van der Waals surface area contributed by atoms with Gasteiger partial charge in [-0.25, -0.2) is 0 Å². The molecule has 0 bridgehead atoms. The molecule has 0 N–H and O–H groups in total. The Morgan fingerprint density at radius 1 is 1.12 bits per heavy atom. The monoisotopic (exact) mass is 228 g/mol. The first-order valence-electron chi connectivity index (χ1n) is 4.91. The molecule has 16 heavy (non-hydrogen) atoms. The molecule has 0 saturated carbocycles. The maximum atomic E-state index is 12.1. The summed E-state index contributed by atoms with van der Waals surface area (Å²) >= 11 is 1.58. The fourth-order valence-corrected chi connectivity index (χ4v) is 2.62. The molecule has 0 unspecified atom stereocenters. The van der Waals surface area contributed by atoms with E-state index in [2.05, 4.69) is 0 Å². The Bertz CT molecular complexity index is 635. The molecule has 0 fully saturated rings. The van der Waals surface area contributed by atoms with E-state index in [1.54, 1.807) is 23.5 Å². The second kappa shape index (κ2) is 3.61. The summed E-state index contributed by atoms with van der Waals surface area (Å²) in [6.07, 6.45) is 1.52. The average molecular weight is 228 g/mol. The largest absolute Gasteiger partial charge is 0.461 e. The first kappa shape index (κ1) is 9.36. The summed E-state index contributed by atoms with van der Waals surface area (Å²) in [4.78, 5) is 12.1. The van der Waals surface area contributed by atoms with Crippen LogP contribution < -0.4 is 0 Å². The molecule has 0 saturated heterocycles. The van der Waals surface area contributed by atoms with Crippen molar-refractivity contribution in [3.05, 3.63) is 59.4 Å². The summed E-state index contributed by atoms with van der Waals surface area (Å²) in [5, 5.41) is 3.09. The number of carbonyl (C=O) groups excluding carboxylic acids is 1. The zero-order chi connectivity index (χ0) is 11.0. The lowest BCUT2D eigenvalue weighted by molar-refractivity contribution is 0.101. The van der Waals surface area contributed by atoms with Crippen molar-refractivity contribution >= 4 is 27.2 Å². The van der Waals surface area contributed by atoms with Gasteiger partial charge in [0.2, 0.25) is 5.78 Å². The molecular formula is C13H8O2S. The number of thiophene rings is 1. The quantitative estimate of drug-likeness (QED) is 0.626. The lowest BCUT2D eigenvalue weighted by Crippen LogP contribution is -1.99. The SMILES string of the molecule is O=C(c1ccco1)c1cccc2ccsc12. The van der Waals surface area contributed by atoms with Gasteiger partial charge in [0.1, 0.15) is 0 Å². The highest BCUT2D eigenvalue weighted by molar-refractivity contribution is 7.17. The molecule has 2 heterocycles. The van der Waals surface area contributed by atoms with E-state index in [0.29, 0.717) is 11.3 Å². The minimum absolute atomic E-state index is 0.0574. The molecule has 3 aromatic rings. The molecule has 0 radical (unpaired) electrons. The maximum Gasteiger partial charge on any atom is 0.229 e. The van der Waals surface area contributed by atoms with Crippen molar-refractivity contribution in [1.29, 1.82) is 0 Å². The number of carbonyl (C=O) groups is 1. The molecule has 0 aliphatic heterocycles. The Labute approximate surface area is 96.1 Å². The Morgan fingerprint density at radius 3 is 2.88 bits per heavy atom. The van der Waals surface area contributed by atoms with Gasteiger partial charge in [-0.1, -0.05) is 12.1 Å². The van der Waals surface area contributed by atoms with Gasteiger partial charge < -0.3 is 4.42 Å². The van der Waals surface area contributed by atoms with Crippen molar-refractivity contribution in [2.24, 2.45) is 0 Å². The topological polar surface area (TPSA) is 30.2 Å². The van der Waals surface area contributed by atoms with Crippen molar-refractivity contribution in [2.45, 2.75) is 0 Å². The van der Waals surface area contributed by atoms with Crippen LogP contribution in [0.1, 0.15) is 16.1 Å². The average Bonchev–Trinajstić information content (AvgIpc) is 2.98. The van der Waals surface area contributed by atoms with E-state index in [4.69, 9.17) is 4.42 Å². The van der Waals surface area contributed by atoms with E-state index in [9.17, 15) is 4.79 Å². The summed E-state index contributed by atoms with van der Waals surface area (Å²) in [5.74, 6) is 0.332. The van der Waals surface area contributed by atoms with E-state index in [1.807, 2.05) is 29.6 Å². The Kier molecular flexibility index (Phi) is 2.11. The minimum atomic E-state index is -0.0574. The van der Waals surface area contributed by atoms with E-state index in [-0.39, 0.29) is 5.78 Å². The smallest absolute Gasteiger partial charge is 0.229 e. The Hall–Kier alpha value is -1.87. The predicted octanol–water partition coefficient (Wildman–Crippen LogP) is 3.73. The van der Waals surface area contributed by atoms with Crippen LogP contribution in [0.3, 0.4) is 0 Å². The van der Waals surface area contributed by atoms with Gasteiger partial charge in [-0.05, 0) is 35.0 Å². The van der Waals surface area contributed by atoms with Gasteiger partial charge >= 0.3 is 0 Å². The molecule has 0 aliphatic carbocycles. The van der Waals surface area contributed by atoms with Crippen LogP contribution in [-0.4, -0.2) is 5.78 Å². The number of rotatable bonds is 2. The van der Waals surface area contributed by atoms with Crippen molar-refractivity contribution in [2.75, 3.05) is 0 Å². The van der Waals surface area contributed by atoms with Gasteiger partial charge in [0.25, 0.3) is 0 Å². The van der Waals surface area contributed by atoms with Crippen molar-refractivity contribution in [3.63, 3.8) is 0 Å². The van der Waals surface area contributed by atoms with Gasteiger partial charge in [0.05, 0.1) is 6.26 Å². The third kappa shape index (κ3) is 1.37. The number of furan rings is 1. The van der Waals surface area contributed by atoms with E-state index in [0.717, 1.165) is 10.1 Å². The summed E-state index contributed by atoms with van der Waals surface area (Å²) in [6.45, 7) is 0.